The van der Waals surface area contributed by atoms with E-state index in [2.05, 4.69) is 26.0 Å². The number of allylic oxidation sites excluding steroid dienone is 2. The van der Waals surface area contributed by atoms with E-state index in [1.54, 1.807) is 0 Å². The van der Waals surface area contributed by atoms with Gasteiger partial charge in [0.25, 0.3) is 0 Å². The average Bonchev–Trinajstić information content (AvgIpc) is 2.65. The first-order chi connectivity index (χ1) is 7.17. The zero-order valence-electron chi connectivity index (χ0n) is 9.70. The third-order valence-electron chi connectivity index (χ3n) is 6.11. The maximum Gasteiger partial charge on any atom is 0.100 e. The maximum absolute atomic E-state index is 6.03. The topological polar surface area (TPSA) is 12.5 Å². The van der Waals surface area contributed by atoms with Crippen LogP contribution in [-0.4, -0.2) is 11.7 Å². The van der Waals surface area contributed by atoms with E-state index in [4.69, 9.17) is 4.74 Å². The number of epoxide rings is 1. The lowest BCUT2D eigenvalue weighted by Crippen LogP contribution is -2.43. The smallest absolute Gasteiger partial charge is 0.100 e. The number of hydrogen-bond acceptors (Lipinski definition) is 1. The van der Waals surface area contributed by atoms with E-state index in [1.165, 1.54) is 25.7 Å². The van der Waals surface area contributed by atoms with Gasteiger partial charge in [-0.15, -0.1) is 0 Å². The summed E-state index contributed by atoms with van der Waals surface area (Å²) in [4.78, 5) is 0. The van der Waals surface area contributed by atoms with Crippen LogP contribution in [-0.2, 0) is 4.74 Å². The largest absolute Gasteiger partial charge is 0.366 e. The maximum atomic E-state index is 6.03. The first-order valence-electron chi connectivity index (χ1n) is 6.50. The Labute approximate surface area is 91.9 Å². The second-order valence-corrected chi connectivity index (χ2v) is 6.45. The van der Waals surface area contributed by atoms with Crippen LogP contribution in [0, 0.1) is 23.2 Å². The first-order valence-corrected chi connectivity index (χ1v) is 6.50. The van der Waals surface area contributed by atoms with E-state index >= 15 is 0 Å². The molecule has 0 N–H and O–H groups in total. The molecule has 82 valence electrons. The molecule has 0 aromatic rings. The van der Waals surface area contributed by atoms with Crippen LogP contribution in [0.15, 0.2) is 12.2 Å². The second-order valence-electron chi connectivity index (χ2n) is 6.45. The molecule has 1 nitrogen and oxygen atoms in total. The zero-order chi connectivity index (χ0) is 10.3. The number of hydrogen-bond donors (Lipinski definition) is 0. The van der Waals surface area contributed by atoms with Crippen molar-refractivity contribution in [3.8, 4) is 0 Å². The van der Waals surface area contributed by atoms with E-state index < -0.39 is 0 Å². The molecule has 6 unspecified atom stereocenters. The monoisotopic (exact) mass is 204 g/mol. The fraction of sp³-hybridized carbons (Fsp3) is 0.857. The molecule has 1 heteroatoms. The highest BCUT2D eigenvalue weighted by molar-refractivity contribution is 5.26. The van der Waals surface area contributed by atoms with Gasteiger partial charge in [-0.3, -0.25) is 0 Å². The molecular formula is C14H20O. The SMILES string of the molecule is CC1OC12CC1CC2(C)C2CC=CCC12. The molecular weight excluding hydrogens is 184 g/mol. The van der Waals surface area contributed by atoms with Gasteiger partial charge in [-0.05, 0) is 50.4 Å². The summed E-state index contributed by atoms with van der Waals surface area (Å²) >= 11 is 0. The Morgan fingerprint density at radius 1 is 1.20 bits per heavy atom. The summed E-state index contributed by atoms with van der Waals surface area (Å²) in [5.74, 6) is 2.88. The summed E-state index contributed by atoms with van der Waals surface area (Å²) in [6, 6.07) is 0. The summed E-state index contributed by atoms with van der Waals surface area (Å²) in [6.45, 7) is 4.79. The summed E-state index contributed by atoms with van der Waals surface area (Å²) in [7, 11) is 0. The summed E-state index contributed by atoms with van der Waals surface area (Å²) in [6.07, 6.45) is 10.8. The van der Waals surface area contributed by atoms with Crippen molar-refractivity contribution in [3.05, 3.63) is 12.2 Å². The van der Waals surface area contributed by atoms with Crippen molar-refractivity contribution in [1.82, 2.24) is 0 Å². The Bertz CT molecular complexity index is 347. The third-order valence-corrected chi connectivity index (χ3v) is 6.11. The van der Waals surface area contributed by atoms with Gasteiger partial charge < -0.3 is 4.74 Å². The van der Waals surface area contributed by atoms with Crippen LogP contribution in [0.2, 0.25) is 0 Å². The highest BCUT2D eigenvalue weighted by Crippen LogP contribution is 2.74. The molecule has 1 saturated heterocycles. The minimum atomic E-state index is 0.310. The fourth-order valence-electron chi connectivity index (χ4n) is 5.36. The lowest BCUT2D eigenvalue weighted by molar-refractivity contribution is 0.0435. The first kappa shape index (κ1) is 8.81. The number of fused-ring (bicyclic) bond motifs is 6. The molecule has 0 aromatic heterocycles. The predicted molar refractivity (Wildman–Crippen MR) is 59.5 cm³/mol. The van der Waals surface area contributed by atoms with Crippen molar-refractivity contribution < 1.29 is 4.74 Å². The van der Waals surface area contributed by atoms with Gasteiger partial charge in [0, 0.05) is 5.41 Å². The fourth-order valence-corrected chi connectivity index (χ4v) is 5.36. The molecule has 4 aliphatic rings. The third kappa shape index (κ3) is 0.791. The standard InChI is InChI=1S/C14H20O/c1-9-14(15-9)8-10-7-13(14,2)12-6-4-3-5-11(10)12/h3-4,9-12H,5-8H2,1-2H3. The van der Waals surface area contributed by atoms with Gasteiger partial charge in [-0.2, -0.15) is 0 Å². The normalized spacial score (nSPS) is 64.9. The molecule has 3 fully saturated rings. The Kier molecular flexibility index (Phi) is 1.38. The van der Waals surface area contributed by atoms with Crippen molar-refractivity contribution in [2.75, 3.05) is 0 Å². The van der Waals surface area contributed by atoms with Crippen molar-refractivity contribution in [2.45, 2.75) is 51.2 Å². The van der Waals surface area contributed by atoms with Crippen LogP contribution in [0.1, 0.15) is 39.5 Å². The molecule has 0 aromatic carbocycles. The van der Waals surface area contributed by atoms with Crippen LogP contribution in [0.5, 0.6) is 0 Å². The molecule has 2 bridgehead atoms. The van der Waals surface area contributed by atoms with Gasteiger partial charge in [-0.1, -0.05) is 19.1 Å². The van der Waals surface area contributed by atoms with E-state index in [0.29, 0.717) is 17.1 Å². The Hall–Kier alpha value is -0.300. The molecule has 1 heterocycles. The van der Waals surface area contributed by atoms with Crippen molar-refractivity contribution in [2.24, 2.45) is 23.2 Å². The molecule has 0 amide bonds. The van der Waals surface area contributed by atoms with Gasteiger partial charge >= 0.3 is 0 Å². The molecule has 4 rings (SSSR count). The van der Waals surface area contributed by atoms with E-state index in [0.717, 1.165) is 17.8 Å². The van der Waals surface area contributed by atoms with Gasteiger partial charge in [0.05, 0.1) is 6.10 Å². The van der Waals surface area contributed by atoms with Gasteiger partial charge in [-0.25, -0.2) is 0 Å². The Morgan fingerprint density at radius 2 is 1.93 bits per heavy atom. The van der Waals surface area contributed by atoms with Crippen LogP contribution < -0.4 is 0 Å². The average molecular weight is 204 g/mol. The molecule has 1 aliphatic heterocycles. The van der Waals surface area contributed by atoms with Crippen molar-refractivity contribution in [3.63, 3.8) is 0 Å². The lowest BCUT2D eigenvalue weighted by atomic mass is 9.61. The Balaban J connectivity index is 1.77. The quantitative estimate of drug-likeness (QED) is 0.436. The predicted octanol–water partition coefficient (Wildman–Crippen LogP) is 3.16. The molecule has 1 spiro atoms. The highest BCUT2D eigenvalue weighted by atomic mass is 16.6. The summed E-state index contributed by atoms with van der Waals surface area (Å²) < 4.78 is 6.03. The van der Waals surface area contributed by atoms with Crippen molar-refractivity contribution in [1.29, 1.82) is 0 Å². The van der Waals surface area contributed by atoms with Crippen molar-refractivity contribution >= 4 is 0 Å². The van der Waals surface area contributed by atoms with Crippen LogP contribution in [0.3, 0.4) is 0 Å². The summed E-state index contributed by atoms with van der Waals surface area (Å²) in [5, 5.41) is 0. The number of ether oxygens (including phenoxy) is 1. The van der Waals surface area contributed by atoms with Crippen LogP contribution >= 0.6 is 0 Å². The van der Waals surface area contributed by atoms with Gasteiger partial charge in [0.1, 0.15) is 5.60 Å². The molecule has 3 aliphatic carbocycles. The van der Waals surface area contributed by atoms with E-state index in [1.807, 2.05) is 0 Å². The van der Waals surface area contributed by atoms with Crippen LogP contribution in [0.4, 0.5) is 0 Å². The van der Waals surface area contributed by atoms with E-state index in [-0.39, 0.29) is 0 Å². The molecule has 6 atom stereocenters. The van der Waals surface area contributed by atoms with E-state index in [9.17, 15) is 0 Å². The molecule has 15 heavy (non-hydrogen) atoms. The zero-order valence-corrected chi connectivity index (χ0v) is 9.70. The minimum Gasteiger partial charge on any atom is -0.366 e. The number of rotatable bonds is 0. The Morgan fingerprint density at radius 3 is 2.67 bits per heavy atom. The second kappa shape index (κ2) is 2.34. The molecule has 0 radical (unpaired) electrons. The highest BCUT2D eigenvalue weighted by Gasteiger charge is 2.76. The lowest BCUT2D eigenvalue weighted by Gasteiger charge is -2.42. The summed E-state index contributed by atoms with van der Waals surface area (Å²) in [5.41, 5.74) is 0.816. The van der Waals surface area contributed by atoms with Gasteiger partial charge in [0.15, 0.2) is 0 Å². The minimum absolute atomic E-state index is 0.310. The van der Waals surface area contributed by atoms with Crippen LogP contribution in [0.25, 0.3) is 0 Å². The molecule has 2 saturated carbocycles. The van der Waals surface area contributed by atoms with Gasteiger partial charge in [0.2, 0.25) is 0 Å².